The second-order valence-corrected chi connectivity index (χ2v) is 10.0. The zero-order valence-electron chi connectivity index (χ0n) is 21.3. The minimum Gasteiger partial charge on any atom is -0.308 e. The predicted octanol–water partition coefficient (Wildman–Crippen LogP) is 7.23. The van der Waals surface area contributed by atoms with Gasteiger partial charge in [0.25, 0.3) is 0 Å². The molecule has 32 heavy (non-hydrogen) atoms. The van der Waals surface area contributed by atoms with Crippen LogP contribution in [0.4, 0.5) is 0 Å². The minimum absolute atomic E-state index is 0.503. The van der Waals surface area contributed by atoms with E-state index in [2.05, 4.69) is 70.5 Å². The van der Waals surface area contributed by atoms with Gasteiger partial charge in [0.05, 0.1) is 16.6 Å². The zero-order chi connectivity index (χ0) is 24.0. The molecule has 0 spiro atoms. The molecule has 2 heteroatoms. The normalized spacial score (nSPS) is 14.0. The molecule has 6 rings (SSSR count). The monoisotopic (exact) mass is 419 g/mol. The maximum atomic E-state index is 8.80. The topological polar surface area (TPSA) is 8.29 Å². The quantitative estimate of drug-likeness (QED) is 0.262. The summed E-state index contributed by atoms with van der Waals surface area (Å²) in [5.74, 6) is 0. The molecule has 158 valence electrons. The van der Waals surface area contributed by atoms with Gasteiger partial charge < -0.3 is 4.40 Å². The van der Waals surface area contributed by atoms with E-state index in [1.54, 1.807) is 0 Å². The molecule has 2 nitrogen and oxygen atoms in total. The first-order chi connectivity index (χ1) is 16.1. The van der Waals surface area contributed by atoms with Gasteiger partial charge in [-0.15, -0.1) is 0 Å². The third-order valence-corrected chi connectivity index (χ3v) is 6.51. The highest BCUT2D eigenvalue weighted by atomic mass is 14.9. The lowest BCUT2D eigenvalue weighted by Gasteiger charge is -2.18. The molecule has 0 aliphatic heterocycles. The fraction of sp³-hybridized carbons (Fsp3) is 0.233. The van der Waals surface area contributed by atoms with E-state index in [0.717, 1.165) is 11.3 Å². The molecule has 0 aliphatic rings. The van der Waals surface area contributed by atoms with Crippen molar-refractivity contribution >= 4 is 38.1 Å². The Kier molecular flexibility index (Phi) is 3.52. The molecular weight excluding hydrogens is 388 g/mol. The van der Waals surface area contributed by atoms with Crippen LogP contribution in [0.1, 0.15) is 34.6 Å². The Morgan fingerprint density at radius 3 is 2.34 bits per heavy atom. The maximum Gasteiger partial charge on any atom is 0.212 e. The highest BCUT2D eigenvalue weighted by molar-refractivity contribution is 6.23. The Morgan fingerprint density at radius 1 is 0.844 bits per heavy atom. The van der Waals surface area contributed by atoms with Crippen molar-refractivity contribution in [1.82, 2.24) is 4.40 Å². The van der Waals surface area contributed by atoms with Gasteiger partial charge in [-0.2, -0.15) is 0 Å². The number of benzene rings is 3. The second kappa shape index (κ2) is 6.56. The first-order valence-corrected chi connectivity index (χ1v) is 11.3. The van der Waals surface area contributed by atoms with Crippen LogP contribution in [0.2, 0.25) is 0 Å². The maximum absolute atomic E-state index is 8.80. The van der Waals surface area contributed by atoms with E-state index >= 15 is 0 Å². The molecule has 0 fully saturated rings. The molecule has 0 saturated carbocycles. The van der Waals surface area contributed by atoms with E-state index < -0.39 is 11.8 Å². The van der Waals surface area contributed by atoms with Crippen molar-refractivity contribution in [3.05, 3.63) is 84.1 Å². The largest absolute Gasteiger partial charge is 0.308 e. The van der Waals surface area contributed by atoms with Crippen molar-refractivity contribution in [3.63, 3.8) is 0 Å². The van der Waals surface area contributed by atoms with Crippen molar-refractivity contribution in [2.75, 3.05) is 0 Å². The van der Waals surface area contributed by atoms with Crippen molar-refractivity contribution in [1.29, 1.82) is 0 Å². The molecule has 3 heterocycles. The summed E-state index contributed by atoms with van der Waals surface area (Å²) in [4.78, 5) is 0. The van der Waals surface area contributed by atoms with Gasteiger partial charge in [-0.25, -0.2) is 4.57 Å². The van der Waals surface area contributed by atoms with E-state index in [1.807, 2.05) is 46.1 Å². The highest BCUT2D eigenvalue weighted by Crippen LogP contribution is 2.40. The summed E-state index contributed by atoms with van der Waals surface area (Å²) in [6, 6.07) is 23.8. The summed E-state index contributed by atoms with van der Waals surface area (Å²) in [7, 11) is 2.04. The average molecular weight is 420 g/mol. The summed E-state index contributed by atoms with van der Waals surface area (Å²) in [5.41, 5.74) is 7.29. The molecule has 0 bridgehead atoms. The Bertz CT molecular complexity index is 1730. The number of para-hydroxylation sites is 2. The van der Waals surface area contributed by atoms with Crippen LogP contribution in [0, 0.1) is 12.3 Å². The lowest BCUT2D eigenvalue weighted by atomic mass is 9.88. The van der Waals surface area contributed by atoms with Gasteiger partial charge >= 0.3 is 0 Å². The molecule has 3 aromatic heterocycles. The first-order valence-electron chi connectivity index (χ1n) is 12.3. The number of hydrogen-bond acceptors (Lipinski definition) is 0. The van der Waals surface area contributed by atoms with Gasteiger partial charge in [-0.3, -0.25) is 0 Å². The SMILES string of the molecule is [2H]C([2H])(c1cc[n+](C)c(-c2cc3c4cccc5c6ccccc6n(c3cc2C)c54)c1)C(C)(C)C. The van der Waals surface area contributed by atoms with Crippen LogP contribution in [-0.2, 0) is 13.4 Å². The fourth-order valence-corrected chi connectivity index (χ4v) is 5.20. The fourth-order valence-electron chi connectivity index (χ4n) is 5.20. The summed E-state index contributed by atoms with van der Waals surface area (Å²) < 4.78 is 22.1. The van der Waals surface area contributed by atoms with Crippen LogP contribution in [0.15, 0.2) is 72.9 Å². The van der Waals surface area contributed by atoms with E-state index in [-0.39, 0.29) is 0 Å². The van der Waals surface area contributed by atoms with Gasteiger partial charge in [0, 0.05) is 42.0 Å². The van der Waals surface area contributed by atoms with Crippen LogP contribution >= 0.6 is 0 Å². The summed E-state index contributed by atoms with van der Waals surface area (Å²) >= 11 is 0. The van der Waals surface area contributed by atoms with Crippen LogP contribution in [0.25, 0.3) is 49.4 Å². The van der Waals surface area contributed by atoms with Crippen molar-refractivity contribution in [2.24, 2.45) is 12.5 Å². The van der Waals surface area contributed by atoms with E-state index in [4.69, 9.17) is 2.74 Å². The van der Waals surface area contributed by atoms with Crippen LogP contribution in [0.3, 0.4) is 0 Å². The minimum atomic E-state index is -1.44. The summed E-state index contributed by atoms with van der Waals surface area (Å²) in [5, 5.41) is 5.06. The first kappa shape index (κ1) is 17.2. The molecule has 0 unspecified atom stereocenters. The van der Waals surface area contributed by atoms with Crippen molar-refractivity contribution in [3.8, 4) is 11.3 Å². The lowest BCUT2D eigenvalue weighted by molar-refractivity contribution is -0.660. The Hall–Kier alpha value is -3.39. The highest BCUT2D eigenvalue weighted by Gasteiger charge is 2.21. The number of rotatable bonds is 2. The lowest BCUT2D eigenvalue weighted by Crippen LogP contribution is -2.31. The molecule has 0 saturated heterocycles. The number of fused-ring (bicyclic) bond motifs is 6. The zero-order valence-corrected chi connectivity index (χ0v) is 19.3. The van der Waals surface area contributed by atoms with Gasteiger partial charge in [-0.1, -0.05) is 57.2 Å². The van der Waals surface area contributed by atoms with Crippen LogP contribution in [0.5, 0.6) is 0 Å². The Morgan fingerprint density at radius 2 is 1.56 bits per heavy atom. The third kappa shape index (κ3) is 2.75. The number of hydrogen-bond donors (Lipinski definition) is 0. The molecule has 3 aromatic carbocycles. The van der Waals surface area contributed by atoms with E-state index in [1.165, 1.54) is 43.7 Å². The van der Waals surface area contributed by atoms with E-state index in [0.29, 0.717) is 5.56 Å². The number of aryl methyl sites for hydroxylation is 2. The molecule has 0 N–H and O–H groups in total. The van der Waals surface area contributed by atoms with Crippen molar-refractivity contribution < 1.29 is 7.31 Å². The standard InChI is InChI=1S/C30H29N2/c1-19-15-28-25(17-24(19)27-16-20(13-14-31(27)5)18-30(2,3)4)23-11-8-10-22-21-9-6-7-12-26(21)32(28)29(22)23/h6-17H,18H2,1-5H3/q+1/i18D2. The molecule has 0 atom stereocenters. The van der Waals surface area contributed by atoms with Crippen LogP contribution < -0.4 is 4.57 Å². The Balaban J connectivity index is 1.67. The van der Waals surface area contributed by atoms with Gasteiger partial charge in [0.2, 0.25) is 5.69 Å². The van der Waals surface area contributed by atoms with Gasteiger partial charge in [-0.05, 0) is 48.0 Å². The third-order valence-electron chi connectivity index (χ3n) is 6.51. The molecule has 0 aliphatic carbocycles. The number of aromatic nitrogens is 2. The van der Waals surface area contributed by atoms with E-state index in [9.17, 15) is 0 Å². The molecular formula is C30H29N2+. The smallest absolute Gasteiger partial charge is 0.212 e. The predicted molar refractivity (Wildman–Crippen MR) is 136 cm³/mol. The number of pyridine rings is 1. The van der Waals surface area contributed by atoms with Crippen LogP contribution in [-0.4, -0.2) is 4.40 Å². The van der Waals surface area contributed by atoms with Gasteiger partial charge in [0.15, 0.2) is 6.20 Å². The molecule has 0 radical (unpaired) electrons. The summed E-state index contributed by atoms with van der Waals surface area (Å²) in [6.45, 7) is 8.03. The molecule has 0 amide bonds. The van der Waals surface area contributed by atoms with Gasteiger partial charge in [0.1, 0.15) is 7.05 Å². The Labute approximate surface area is 191 Å². The second-order valence-electron chi connectivity index (χ2n) is 10.0. The van der Waals surface area contributed by atoms with Crippen molar-refractivity contribution in [2.45, 2.75) is 34.1 Å². The number of nitrogens with zero attached hydrogens (tertiary/aromatic N) is 2. The molecule has 6 aromatic rings. The average Bonchev–Trinajstić information content (AvgIpc) is 3.30. The summed E-state index contributed by atoms with van der Waals surface area (Å²) in [6.07, 6.45) is 0.544.